The highest BCUT2D eigenvalue weighted by Gasteiger charge is 2.29. The molecule has 0 spiro atoms. The van der Waals surface area contributed by atoms with Crippen LogP contribution in [0, 0.1) is 17.5 Å². The van der Waals surface area contributed by atoms with Crippen LogP contribution < -0.4 is 9.47 Å². The fraction of sp³-hybridized carbons (Fsp3) is 0.345. The molecule has 7 heteroatoms. The highest BCUT2D eigenvalue weighted by atomic mass is 19.2. The van der Waals surface area contributed by atoms with E-state index in [9.17, 15) is 13.6 Å². The first kappa shape index (κ1) is 25.6. The van der Waals surface area contributed by atoms with Gasteiger partial charge < -0.3 is 14.2 Å². The van der Waals surface area contributed by atoms with E-state index in [1.807, 2.05) is 6.92 Å². The maximum atomic E-state index is 15.1. The monoisotopic (exact) mass is 498 g/mol. The van der Waals surface area contributed by atoms with Gasteiger partial charge in [-0.2, -0.15) is 0 Å². The second-order valence-corrected chi connectivity index (χ2v) is 8.74. The Balaban J connectivity index is 1.38. The molecule has 0 amide bonds. The summed E-state index contributed by atoms with van der Waals surface area (Å²) in [6.45, 7) is 4.58. The molecular formula is C29H29F3O4. The lowest BCUT2D eigenvalue weighted by Gasteiger charge is -2.29. The van der Waals surface area contributed by atoms with Gasteiger partial charge >= 0.3 is 5.97 Å². The van der Waals surface area contributed by atoms with E-state index in [2.05, 4.69) is 0 Å². The molecule has 4 nitrogen and oxygen atoms in total. The van der Waals surface area contributed by atoms with Crippen LogP contribution in [0.25, 0.3) is 11.1 Å². The summed E-state index contributed by atoms with van der Waals surface area (Å²) in [6, 6.07) is 14.1. The summed E-state index contributed by atoms with van der Waals surface area (Å²) in [6.07, 6.45) is 1.62. The van der Waals surface area contributed by atoms with Gasteiger partial charge in [0.2, 0.25) is 0 Å². The summed E-state index contributed by atoms with van der Waals surface area (Å²) < 4.78 is 60.5. The molecule has 0 bridgehead atoms. The normalized spacial score (nSPS) is 17.5. The van der Waals surface area contributed by atoms with Crippen molar-refractivity contribution in [3.05, 3.63) is 83.2 Å². The molecule has 0 atom stereocenters. The van der Waals surface area contributed by atoms with Crippen molar-refractivity contribution >= 4 is 5.97 Å². The standard InChI is InChI=1S/C29H29F3O4/c1-3-34-20-9-5-18(6-10-20)23-15-16-24(28(32)27(23)31)19-7-11-21(12-8-19)36-29(33)25-14-13-22(35-4-2)17-26(25)30/h5-6,9-10,13-17,19,21H,3-4,7-8,11-12H2,1-2H3. The molecule has 190 valence electrons. The van der Waals surface area contributed by atoms with Gasteiger partial charge in [0.1, 0.15) is 23.4 Å². The number of hydrogen-bond donors (Lipinski definition) is 0. The molecule has 3 aromatic rings. The lowest BCUT2D eigenvalue weighted by Crippen LogP contribution is -2.24. The van der Waals surface area contributed by atoms with Gasteiger partial charge in [-0.15, -0.1) is 0 Å². The first-order valence-corrected chi connectivity index (χ1v) is 12.3. The molecule has 1 aliphatic rings. The maximum absolute atomic E-state index is 15.1. The highest BCUT2D eigenvalue weighted by molar-refractivity contribution is 5.90. The first-order valence-electron chi connectivity index (χ1n) is 12.3. The van der Waals surface area contributed by atoms with Gasteiger partial charge in [0.25, 0.3) is 0 Å². The minimum absolute atomic E-state index is 0.154. The molecule has 1 saturated carbocycles. The number of ether oxygens (including phenoxy) is 3. The lowest BCUT2D eigenvalue weighted by molar-refractivity contribution is 0.0189. The Bertz CT molecular complexity index is 1200. The van der Waals surface area contributed by atoms with Gasteiger partial charge in [-0.1, -0.05) is 24.3 Å². The molecule has 1 fully saturated rings. The fourth-order valence-corrected chi connectivity index (χ4v) is 4.62. The van der Waals surface area contributed by atoms with Crippen LogP contribution in [0.4, 0.5) is 13.2 Å². The molecule has 0 unspecified atom stereocenters. The van der Waals surface area contributed by atoms with Gasteiger partial charge in [0.05, 0.1) is 18.8 Å². The summed E-state index contributed by atoms with van der Waals surface area (Å²) in [5, 5.41) is 0. The van der Waals surface area contributed by atoms with E-state index < -0.39 is 29.5 Å². The van der Waals surface area contributed by atoms with E-state index in [0.717, 1.165) is 6.07 Å². The van der Waals surface area contributed by atoms with Crippen LogP contribution >= 0.6 is 0 Å². The molecule has 0 aliphatic heterocycles. The van der Waals surface area contributed by atoms with Crippen molar-refractivity contribution < 1.29 is 32.2 Å². The lowest BCUT2D eigenvalue weighted by atomic mass is 9.82. The van der Waals surface area contributed by atoms with Crippen LogP contribution in [-0.4, -0.2) is 25.3 Å². The molecule has 4 rings (SSSR count). The van der Waals surface area contributed by atoms with E-state index in [1.165, 1.54) is 12.1 Å². The smallest absolute Gasteiger partial charge is 0.341 e. The molecule has 0 N–H and O–H groups in total. The van der Waals surface area contributed by atoms with E-state index >= 15 is 4.39 Å². The molecule has 3 aromatic carbocycles. The number of benzene rings is 3. The number of carbonyl (C=O) groups is 1. The third kappa shape index (κ3) is 5.66. The van der Waals surface area contributed by atoms with Gasteiger partial charge in [0, 0.05) is 11.6 Å². The van der Waals surface area contributed by atoms with Crippen molar-refractivity contribution in [2.75, 3.05) is 13.2 Å². The Morgan fingerprint density at radius 3 is 2.08 bits per heavy atom. The fourth-order valence-electron chi connectivity index (χ4n) is 4.62. The predicted octanol–water partition coefficient (Wildman–Crippen LogP) is 7.45. The van der Waals surface area contributed by atoms with Crippen LogP contribution in [-0.2, 0) is 4.74 Å². The topological polar surface area (TPSA) is 44.8 Å². The third-order valence-electron chi connectivity index (χ3n) is 6.45. The SMILES string of the molecule is CCOc1ccc(-c2ccc(C3CCC(OC(=O)c4ccc(OCC)cc4F)CC3)c(F)c2F)cc1. The minimum Gasteiger partial charge on any atom is -0.494 e. The molecule has 1 aliphatic carbocycles. The Kier molecular flexibility index (Phi) is 8.18. The Morgan fingerprint density at radius 2 is 1.44 bits per heavy atom. The molecule has 36 heavy (non-hydrogen) atoms. The van der Waals surface area contributed by atoms with Gasteiger partial charge in [0.15, 0.2) is 11.6 Å². The zero-order chi connectivity index (χ0) is 25.7. The predicted molar refractivity (Wildman–Crippen MR) is 131 cm³/mol. The number of halogens is 3. The summed E-state index contributed by atoms with van der Waals surface area (Å²) in [4.78, 5) is 12.5. The second-order valence-electron chi connectivity index (χ2n) is 8.74. The quantitative estimate of drug-likeness (QED) is 0.303. The van der Waals surface area contributed by atoms with E-state index in [0.29, 0.717) is 61.5 Å². The van der Waals surface area contributed by atoms with Gasteiger partial charge in [-0.3, -0.25) is 0 Å². The molecule has 0 saturated heterocycles. The number of rotatable bonds is 8. The Morgan fingerprint density at radius 1 is 0.806 bits per heavy atom. The average molecular weight is 499 g/mol. The Labute approximate surface area is 209 Å². The maximum Gasteiger partial charge on any atom is 0.341 e. The molecule has 0 radical (unpaired) electrons. The summed E-state index contributed by atoms with van der Waals surface area (Å²) >= 11 is 0. The summed E-state index contributed by atoms with van der Waals surface area (Å²) in [5.74, 6) is -2.35. The average Bonchev–Trinajstić information content (AvgIpc) is 2.87. The van der Waals surface area contributed by atoms with Crippen LogP contribution in [0.5, 0.6) is 11.5 Å². The van der Waals surface area contributed by atoms with Crippen molar-refractivity contribution in [3.63, 3.8) is 0 Å². The number of esters is 1. The highest BCUT2D eigenvalue weighted by Crippen LogP contribution is 2.38. The van der Waals surface area contributed by atoms with Gasteiger partial charge in [-0.25, -0.2) is 18.0 Å². The summed E-state index contributed by atoms with van der Waals surface area (Å²) in [5.41, 5.74) is 0.931. The first-order chi connectivity index (χ1) is 17.4. The molecule has 0 heterocycles. The van der Waals surface area contributed by atoms with Crippen molar-refractivity contribution in [1.29, 1.82) is 0 Å². The van der Waals surface area contributed by atoms with Crippen molar-refractivity contribution in [3.8, 4) is 22.6 Å². The van der Waals surface area contributed by atoms with Gasteiger partial charge in [-0.05, 0) is 80.8 Å². The third-order valence-corrected chi connectivity index (χ3v) is 6.45. The van der Waals surface area contributed by atoms with E-state index in [-0.39, 0.29) is 17.0 Å². The van der Waals surface area contributed by atoms with Crippen molar-refractivity contribution in [1.82, 2.24) is 0 Å². The number of hydrogen-bond acceptors (Lipinski definition) is 4. The zero-order valence-electron chi connectivity index (χ0n) is 20.4. The Hall–Kier alpha value is -3.48. The van der Waals surface area contributed by atoms with Crippen LogP contribution in [0.2, 0.25) is 0 Å². The van der Waals surface area contributed by atoms with Crippen LogP contribution in [0.15, 0.2) is 54.6 Å². The number of carbonyl (C=O) groups excluding carboxylic acids is 1. The van der Waals surface area contributed by atoms with Crippen molar-refractivity contribution in [2.24, 2.45) is 0 Å². The van der Waals surface area contributed by atoms with Crippen LogP contribution in [0.3, 0.4) is 0 Å². The second kappa shape index (κ2) is 11.5. The van der Waals surface area contributed by atoms with Crippen LogP contribution in [0.1, 0.15) is 61.4 Å². The molecule has 0 aromatic heterocycles. The van der Waals surface area contributed by atoms with E-state index in [4.69, 9.17) is 14.2 Å². The summed E-state index contributed by atoms with van der Waals surface area (Å²) in [7, 11) is 0. The minimum atomic E-state index is -0.879. The van der Waals surface area contributed by atoms with E-state index in [1.54, 1.807) is 43.3 Å². The largest absolute Gasteiger partial charge is 0.494 e. The molecular weight excluding hydrogens is 469 g/mol. The van der Waals surface area contributed by atoms with Crippen molar-refractivity contribution in [2.45, 2.75) is 51.6 Å². The zero-order valence-corrected chi connectivity index (χ0v) is 20.4.